The number of benzene rings is 2. The van der Waals surface area contributed by atoms with Crippen molar-refractivity contribution in [2.75, 3.05) is 13.1 Å². The third-order valence-corrected chi connectivity index (χ3v) is 7.29. The van der Waals surface area contributed by atoms with Gasteiger partial charge in [-0.15, -0.1) is 0 Å². The first-order valence-corrected chi connectivity index (χ1v) is 12.1. The van der Waals surface area contributed by atoms with E-state index < -0.39 is 20.9 Å². The summed E-state index contributed by atoms with van der Waals surface area (Å²) >= 11 is 0. The molecule has 0 bridgehead atoms. The summed E-state index contributed by atoms with van der Waals surface area (Å²) in [4.78, 5) is 22.8. The van der Waals surface area contributed by atoms with Gasteiger partial charge in [0.15, 0.2) is 0 Å². The summed E-state index contributed by atoms with van der Waals surface area (Å²) in [5.74, 6) is 0.280. The highest BCUT2D eigenvalue weighted by Gasteiger charge is 2.26. The molecule has 0 aliphatic carbocycles. The van der Waals surface area contributed by atoms with Crippen LogP contribution in [0.1, 0.15) is 35.4 Å². The lowest BCUT2D eigenvalue weighted by Gasteiger charge is -2.25. The average Bonchev–Trinajstić information content (AvgIpc) is 3.33. The number of rotatable bonds is 7. The van der Waals surface area contributed by atoms with Gasteiger partial charge in [-0.1, -0.05) is 12.5 Å². The van der Waals surface area contributed by atoms with Crippen LogP contribution in [0.2, 0.25) is 0 Å². The molecule has 1 aromatic heterocycles. The van der Waals surface area contributed by atoms with Gasteiger partial charge in [0.1, 0.15) is 11.5 Å². The van der Waals surface area contributed by atoms with Crippen molar-refractivity contribution >= 4 is 27.8 Å². The smallest absolute Gasteiger partial charge is 0.271 e. The summed E-state index contributed by atoms with van der Waals surface area (Å²) in [6.07, 6.45) is 3.97. The van der Waals surface area contributed by atoms with Gasteiger partial charge in [0.05, 0.1) is 16.0 Å². The minimum atomic E-state index is -3.65. The van der Waals surface area contributed by atoms with Gasteiger partial charge in [-0.3, -0.25) is 14.9 Å². The third kappa shape index (κ3) is 5.21. The molecule has 1 saturated heterocycles. The number of furan rings is 1. The monoisotopic (exact) mass is 482 g/mol. The second kappa shape index (κ2) is 9.98. The topological polar surface area (TPSA) is 135 Å². The Bertz CT molecular complexity index is 1330. The lowest BCUT2D eigenvalue weighted by atomic mass is 10.1. The van der Waals surface area contributed by atoms with E-state index in [0.717, 1.165) is 19.3 Å². The van der Waals surface area contributed by atoms with Gasteiger partial charge < -0.3 is 4.42 Å². The Morgan fingerprint density at radius 3 is 2.50 bits per heavy atom. The van der Waals surface area contributed by atoms with Crippen molar-refractivity contribution in [1.82, 2.24) is 9.73 Å². The first kappa shape index (κ1) is 23.3. The molecule has 0 spiro atoms. The molecule has 0 atom stereocenters. The SMILES string of the molecule is O=C(N/N=C/c1ccc(-c2ccc([N+](=O)[O-])cc2)o1)c1cccc(S(=O)(=O)N2CCCCC2)c1. The highest BCUT2D eigenvalue weighted by molar-refractivity contribution is 7.89. The quantitative estimate of drug-likeness (QED) is 0.309. The number of nitro groups is 1. The van der Waals surface area contributed by atoms with Crippen molar-refractivity contribution in [3.05, 3.63) is 82.1 Å². The van der Waals surface area contributed by atoms with E-state index in [-0.39, 0.29) is 16.1 Å². The minimum Gasteiger partial charge on any atom is -0.455 e. The normalized spacial score (nSPS) is 14.8. The molecule has 10 nitrogen and oxygen atoms in total. The number of amides is 1. The van der Waals surface area contributed by atoms with Crippen LogP contribution in [0.4, 0.5) is 5.69 Å². The van der Waals surface area contributed by atoms with Gasteiger partial charge in [-0.2, -0.15) is 9.41 Å². The Balaban J connectivity index is 1.41. The highest BCUT2D eigenvalue weighted by Crippen LogP contribution is 2.24. The van der Waals surface area contributed by atoms with Crippen LogP contribution < -0.4 is 5.43 Å². The minimum absolute atomic E-state index is 0.0207. The molecule has 2 aromatic carbocycles. The number of hydrogen-bond acceptors (Lipinski definition) is 7. The molecule has 34 heavy (non-hydrogen) atoms. The summed E-state index contributed by atoms with van der Waals surface area (Å²) in [6, 6.07) is 15.1. The lowest BCUT2D eigenvalue weighted by Crippen LogP contribution is -2.35. The second-order valence-electron chi connectivity index (χ2n) is 7.70. The fourth-order valence-electron chi connectivity index (χ4n) is 3.60. The van der Waals surface area contributed by atoms with Crippen molar-refractivity contribution in [2.45, 2.75) is 24.2 Å². The molecule has 3 aromatic rings. The number of piperidine rings is 1. The van der Waals surface area contributed by atoms with Crippen molar-refractivity contribution in [1.29, 1.82) is 0 Å². The molecule has 1 aliphatic rings. The molecule has 176 valence electrons. The molecule has 1 aliphatic heterocycles. The predicted molar refractivity (Wildman–Crippen MR) is 125 cm³/mol. The van der Waals surface area contributed by atoms with E-state index in [0.29, 0.717) is 30.2 Å². The maximum atomic E-state index is 12.9. The lowest BCUT2D eigenvalue weighted by molar-refractivity contribution is -0.384. The van der Waals surface area contributed by atoms with Crippen molar-refractivity contribution < 1.29 is 22.6 Å². The zero-order chi connectivity index (χ0) is 24.1. The number of non-ortho nitro benzene ring substituents is 1. The van der Waals surface area contributed by atoms with Gasteiger partial charge in [0.2, 0.25) is 10.0 Å². The van der Waals surface area contributed by atoms with Crippen LogP contribution in [0.15, 0.2) is 75.1 Å². The molecule has 4 rings (SSSR count). The first-order valence-electron chi connectivity index (χ1n) is 10.6. The van der Waals surface area contributed by atoms with Gasteiger partial charge in [0, 0.05) is 36.3 Å². The number of carbonyl (C=O) groups excluding carboxylic acids is 1. The van der Waals surface area contributed by atoms with Gasteiger partial charge >= 0.3 is 0 Å². The summed E-state index contributed by atoms with van der Waals surface area (Å²) in [6.45, 7) is 0.960. The third-order valence-electron chi connectivity index (χ3n) is 5.40. The van der Waals surface area contributed by atoms with E-state index in [9.17, 15) is 23.3 Å². The van der Waals surface area contributed by atoms with Crippen molar-refractivity contribution in [3.8, 4) is 11.3 Å². The van der Waals surface area contributed by atoms with Crippen LogP contribution in [-0.4, -0.2) is 42.9 Å². The van der Waals surface area contributed by atoms with E-state index in [1.165, 1.54) is 46.9 Å². The Morgan fingerprint density at radius 1 is 1.06 bits per heavy atom. The summed E-state index contributed by atoms with van der Waals surface area (Å²) in [5, 5.41) is 14.6. The Morgan fingerprint density at radius 2 is 1.79 bits per heavy atom. The number of nitrogens with zero attached hydrogens (tertiary/aromatic N) is 3. The molecular weight excluding hydrogens is 460 g/mol. The highest BCUT2D eigenvalue weighted by atomic mass is 32.2. The Labute approximate surface area is 196 Å². The average molecular weight is 483 g/mol. The first-order chi connectivity index (χ1) is 16.3. The Kier molecular flexibility index (Phi) is 6.85. The molecule has 0 saturated carbocycles. The molecule has 2 heterocycles. The van der Waals surface area contributed by atoms with Crippen LogP contribution >= 0.6 is 0 Å². The number of hydrazone groups is 1. The zero-order valence-corrected chi connectivity index (χ0v) is 18.9. The van der Waals surface area contributed by atoms with Crippen LogP contribution in [0.5, 0.6) is 0 Å². The molecular formula is C23H22N4O6S. The standard InChI is InChI=1S/C23H22N4O6S/c28-23(18-5-4-6-21(15-18)34(31,32)26-13-2-1-3-14-26)25-24-16-20-11-12-22(33-20)17-7-9-19(10-8-17)27(29)30/h4-12,15-16H,1-3,13-14H2,(H,25,28)/b24-16+. The van der Waals surface area contributed by atoms with E-state index >= 15 is 0 Å². The van der Waals surface area contributed by atoms with E-state index in [2.05, 4.69) is 10.5 Å². The fourth-order valence-corrected chi connectivity index (χ4v) is 5.16. The maximum Gasteiger partial charge on any atom is 0.271 e. The maximum absolute atomic E-state index is 12.9. The summed E-state index contributed by atoms with van der Waals surface area (Å²) in [5.41, 5.74) is 3.16. The molecule has 1 fully saturated rings. The van der Waals surface area contributed by atoms with E-state index in [1.54, 1.807) is 24.3 Å². The molecule has 1 N–H and O–H groups in total. The number of hydrogen-bond donors (Lipinski definition) is 1. The molecule has 1 amide bonds. The number of nitro benzene ring substituents is 1. The van der Waals surface area contributed by atoms with E-state index in [1.807, 2.05) is 0 Å². The van der Waals surface area contributed by atoms with Gasteiger partial charge in [-0.25, -0.2) is 13.8 Å². The van der Waals surface area contributed by atoms with Crippen LogP contribution in [0.3, 0.4) is 0 Å². The van der Waals surface area contributed by atoms with Crippen LogP contribution in [0.25, 0.3) is 11.3 Å². The fraction of sp³-hybridized carbons (Fsp3) is 0.217. The van der Waals surface area contributed by atoms with Gasteiger partial charge in [0.25, 0.3) is 11.6 Å². The van der Waals surface area contributed by atoms with Crippen molar-refractivity contribution in [2.24, 2.45) is 5.10 Å². The largest absolute Gasteiger partial charge is 0.455 e. The Hall–Kier alpha value is -3.83. The summed E-state index contributed by atoms with van der Waals surface area (Å²) in [7, 11) is -3.65. The second-order valence-corrected chi connectivity index (χ2v) is 9.64. The van der Waals surface area contributed by atoms with Gasteiger partial charge in [-0.05, 0) is 55.3 Å². The van der Waals surface area contributed by atoms with Crippen molar-refractivity contribution in [3.63, 3.8) is 0 Å². The van der Waals surface area contributed by atoms with E-state index in [4.69, 9.17) is 4.42 Å². The molecule has 0 unspecified atom stereocenters. The molecule has 11 heteroatoms. The number of sulfonamides is 1. The number of nitrogens with one attached hydrogen (secondary N) is 1. The molecule has 0 radical (unpaired) electrons. The summed E-state index contributed by atoms with van der Waals surface area (Å²) < 4.78 is 32.8. The zero-order valence-electron chi connectivity index (χ0n) is 18.1. The van der Waals surface area contributed by atoms with Crippen LogP contribution in [0, 0.1) is 10.1 Å². The predicted octanol–water partition coefficient (Wildman–Crippen LogP) is 3.79. The number of carbonyl (C=O) groups is 1. The van der Waals surface area contributed by atoms with Crippen LogP contribution in [-0.2, 0) is 10.0 Å².